The molecule has 0 fully saturated rings. The monoisotopic (exact) mass is 281 g/mol. The third-order valence-electron chi connectivity index (χ3n) is 3.03. The van der Waals surface area contributed by atoms with Crippen molar-refractivity contribution in [2.75, 3.05) is 21.3 Å². The minimum atomic E-state index is -0.148. The van der Waals surface area contributed by atoms with Gasteiger partial charge in [-0.1, -0.05) is 13.3 Å². The Morgan fingerprint density at radius 2 is 1.70 bits per heavy atom. The molecule has 5 nitrogen and oxygen atoms in total. The van der Waals surface area contributed by atoms with Gasteiger partial charge in [-0.2, -0.15) is 0 Å². The van der Waals surface area contributed by atoms with Crippen LogP contribution in [0.25, 0.3) is 0 Å². The van der Waals surface area contributed by atoms with E-state index in [1.54, 1.807) is 12.1 Å². The molecule has 1 amide bonds. The van der Waals surface area contributed by atoms with E-state index in [-0.39, 0.29) is 11.9 Å². The summed E-state index contributed by atoms with van der Waals surface area (Å²) in [5.41, 5.74) is 0.488. The van der Waals surface area contributed by atoms with Crippen LogP contribution in [0.5, 0.6) is 17.2 Å². The summed E-state index contributed by atoms with van der Waals surface area (Å²) >= 11 is 0. The van der Waals surface area contributed by atoms with Gasteiger partial charge in [0.25, 0.3) is 5.91 Å². The van der Waals surface area contributed by atoms with Gasteiger partial charge in [0.1, 0.15) is 0 Å². The highest BCUT2D eigenvalue weighted by atomic mass is 16.5. The van der Waals surface area contributed by atoms with Crippen LogP contribution in [0.15, 0.2) is 12.1 Å². The van der Waals surface area contributed by atoms with Crippen molar-refractivity contribution in [2.24, 2.45) is 0 Å². The number of carbonyl (C=O) groups is 1. The van der Waals surface area contributed by atoms with Crippen molar-refractivity contribution in [2.45, 2.75) is 32.7 Å². The topological polar surface area (TPSA) is 56.8 Å². The maximum Gasteiger partial charge on any atom is 0.251 e. The molecular weight excluding hydrogens is 258 g/mol. The van der Waals surface area contributed by atoms with Crippen LogP contribution in [0, 0.1) is 0 Å². The Balaban J connectivity index is 3.03. The number of carbonyl (C=O) groups excluding carboxylic acids is 1. The number of hydrogen-bond donors (Lipinski definition) is 1. The fourth-order valence-corrected chi connectivity index (χ4v) is 2.02. The minimum Gasteiger partial charge on any atom is -0.493 e. The Bertz CT molecular complexity index is 434. The molecule has 0 bridgehead atoms. The second-order valence-electron chi connectivity index (χ2n) is 4.58. The molecule has 5 heteroatoms. The van der Waals surface area contributed by atoms with E-state index in [2.05, 4.69) is 12.2 Å². The standard InChI is InChI=1S/C15H23NO4/c1-6-7-10(2)16-15(17)11-8-12(18-3)14(20-5)13(9-11)19-4/h8-10H,6-7H2,1-5H3,(H,16,17)/t10-/m0/s1. The first kappa shape index (κ1) is 16.1. The zero-order valence-corrected chi connectivity index (χ0v) is 12.8. The van der Waals surface area contributed by atoms with E-state index in [9.17, 15) is 4.79 Å². The first-order valence-electron chi connectivity index (χ1n) is 6.68. The number of rotatable bonds is 7. The number of ether oxygens (including phenoxy) is 3. The SMILES string of the molecule is CCC[C@H](C)NC(=O)c1cc(OC)c(OC)c(OC)c1. The van der Waals surface area contributed by atoms with E-state index in [1.807, 2.05) is 6.92 Å². The molecule has 0 heterocycles. The molecule has 1 aromatic rings. The van der Waals surface area contributed by atoms with Gasteiger partial charge >= 0.3 is 0 Å². The lowest BCUT2D eigenvalue weighted by atomic mass is 10.1. The zero-order valence-electron chi connectivity index (χ0n) is 12.8. The van der Waals surface area contributed by atoms with Gasteiger partial charge in [0, 0.05) is 11.6 Å². The average Bonchev–Trinajstić information content (AvgIpc) is 2.45. The Hall–Kier alpha value is -1.91. The molecule has 0 unspecified atom stereocenters. The molecular formula is C15H23NO4. The Morgan fingerprint density at radius 1 is 1.15 bits per heavy atom. The molecule has 0 aromatic heterocycles. The lowest BCUT2D eigenvalue weighted by Gasteiger charge is -2.16. The highest BCUT2D eigenvalue weighted by Crippen LogP contribution is 2.38. The van der Waals surface area contributed by atoms with E-state index in [0.29, 0.717) is 22.8 Å². The van der Waals surface area contributed by atoms with Gasteiger partial charge < -0.3 is 19.5 Å². The van der Waals surface area contributed by atoms with Crippen molar-refractivity contribution < 1.29 is 19.0 Å². The number of methoxy groups -OCH3 is 3. The van der Waals surface area contributed by atoms with Gasteiger partial charge in [-0.3, -0.25) is 4.79 Å². The van der Waals surface area contributed by atoms with Crippen LogP contribution in [0.4, 0.5) is 0 Å². The predicted molar refractivity (Wildman–Crippen MR) is 77.9 cm³/mol. The molecule has 1 N–H and O–H groups in total. The molecule has 0 saturated heterocycles. The zero-order chi connectivity index (χ0) is 15.1. The summed E-state index contributed by atoms with van der Waals surface area (Å²) in [6.07, 6.45) is 1.97. The van der Waals surface area contributed by atoms with Crippen LogP contribution in [-0.2, 0) is 0 Å². The summed E-state index contributed by atoms with van der Waals surface area (Å²) in [4.78, 5) is 12.2. The van der Waals surface area contributed by atoms with E-state index >= 15 is 0 Å². The first-order chi connectivity index (χ1) is 9.57. The Kier molecular flexibility index (Phi) is 6.15. The summed E-state index contributed by atoms with van der Waals surface area (Å²) < 4.78 is 15.7. The quantitative estimate of drug-likeness (QED) is 0.834. The van der Waals surface area contributed by atoms with Crippen LogP contribution in [0.3, 0.4) is 0 Å². The maximum atomic E-state index is 12.2. The van der Waals surface area contributed by atoms with Crippen LogP contribution in [0.1, 0.15) is 37.0 Å². The first-order valence-corrected chi connectivity index (χ1v) is 6.68. The van der Waals surface area contributed by atoms with E-state index in [0.717, 1.165) is 12.8 Å². The molecule has 0 radical (unpaired) electrons. The summed E-state index contributed by atoms with van der Waals surface area (Å²) in [6, 6.07) is 3.43. The Labute approximate surface area is 120 Å². The average molecular weight is 281 g/mol. The molecule has 0 saturated carbocycles. The summed E-state index contributed by atoms with van der Waals surface area (Å²) in [6.45, 7) is 4.07. The third kappa shape index (κ3) is 3.79. The summed E-state index contributed by atoms with van der Waals surface area (Å²) in [7, 11) is 4.58. The predicted octanol–water partition coefficient (Wildman–Crippen LogP) is 2.63. The van der Waals surface area contributed by atoms with Gasteiger partial charge in [0.2, 0.25) is 5.75 Å². The second kappa shape index (κ2) is 7.62. The third-order valence-corrected chi connectivity index (χ3v) is 3.03. The fraction of sp³-hybridized carbons (Fsp3) is 0.533. The molecule has 0 aliphatic carbocycles. The summed E-state index contributed by atoms with van der Waals surface area (Å²) in [5.74, 6) is 1.28. The largest absolute Gasteiger partial charge is 0.493 e. The van der Waals surface area contributed by atoms with Crippen LogP contribution >= 0.6 is 0 Å². The highest BCUT2D eigenvalue weighted by Gasteiger charge is 2.17. The van der Waals surface area contributed by atoms with Crippen molar-refractivity contribution in [1.82, 2.24) is 5.32 Å². The molecule has 0 aliphatic heterocycles. The molecule has 0 spiro atoms. The van der Waals surface area contributed by atoms with E-state index in [4.69, 9.17) is 14.2 Å². The van der Waals surface area contributed by atoms with E-state index in [1.165, 1.54) is 21.3 Å². The normalized spacial score (nSPS) is 11.7. The van der Waals surface area contributed by atoms with Crippen molar-refractivity contribution >= 4 is 5.91 Å². The number of hydrogen-bond acceptors (Lipinski definition) is 4. The van der Waals surface area contributed by atoms with Crippen molar-refractivity contribution in [3.05, 3.63) is 17.7 Å². The lowest BCUT2D eigenvalue weighted by Crippen LogP contribution is -2.32. The van der Waals surface area contributed by atoms with Crippen LogP contribution < -0.4 is 19.5 Å². The van der Waals surface area contributed by atoms with Crippen molar-refractivity contribution in [3.8, 4) is 17.2 Å². The van der Waals surface area contributed by atoms with Crippen molar-refractivity contribution in [1.29, 1.82) is 0 Å². The summed E-state index contributed by atoms with van der Waals surface area (Å²) in [5, 5.41) is 2.95. The minimum absolute atomic E-state index is 0.131. The second-order valence-corrected chi connectivity index (χ2v) is 4.58. The van der Waals surface area contributed by atoms with Gasteiger partial charge in [0.15, 0.2) is 11.5 Å². The number of nitrogens with one attached hydrogen (secondary N) is 1. The number of benzene rings is 1. The fourth-order valence-electron chi connectivity index (χ4n) is 2.02. The molecule has 112 valence electrons. The van der Waals surface area contributed by atoms with Gasteiger partial charge in [-0.25, -0.2) is 0 Å². The molecule has 0 aliphatic rings. The smallest absolute Gasteiger partial charge is 0.251 e. The molecule has 1 aromatic carbocycles. The van der Waals surface area contributed by atoms with Gasteiger partial charge in [-0.05, 0) is 25.5 Å². The Morgan fingerprint density at radius 3 is 2.10 bits per heavy atom. The van der Waals surface area contributed by atoms with E-state index < -0.39 is 0 Å². The molecule has 1 rings (SSSR count). The molecule has 20 heavy (non-hydrogen) atoms. The van der Waals surface area contributed by atoms with Crippen LogP contribution in [-0.4, -0.2) is 33.3 Å². The van der Waals surface area contributed by atoms with Gasteiger partial charge in [-0.15, -0.1) is 0 Å². The van der Waals surface area contributed by atoms with Crippen molar-refractivity contribution in [3.63, 3.8) is 0 Å². The maximum absolute atomic E-state index is 12.2. The van der Waals surface area contributed by atoms with Gasteiger partial charge in [0.05, 0.1) is 21.3 Å². The number of amides is 1. The molecule has 1 atom stereocenters. The van der Waals surface area contributed by atoms with Crippen LogP contribution in [0.2, 0.25) is 0 Å². The highest BCUT2D eigenvalue weighted by molar-refractivity contribution is 5.95. The lowest BCUT2D eigenvalue weighted by molar-refractivity contribution is 0.0937.